The minimum absolute atomic E-state index is 0. The number of guanidine groups is 1. The number of halogens is 1. The van der Waals surface area contributed by atoms with Crippen LogP contribution in [0.1, 0.15) is 12.8 Å². The highest BCUT2D eigenvalue weighted by molar-refractivity contribution is 14.0. The molecule has 0 spiro atoms. The van der Waals surface area contributed by atoms with Gasteiger partial charge in [0.05, 0.1) is 13.2 Å². The van der Waals surface area contributed by atoms with E-state index in [4.69, 9.17) is 9.47 Å². The van der Waals surface area contributed by atoms with Crippen LogP contribution >= 0.6 is 24.0 Å². The predicted octanol–water partition coefficient (Wildman–Crippen LogP) is 0.939. The molecule has 0 amide bonds. The molecular weight excluding hydrogens is 345 g/mol. The van der Waals surface area contributed by atoms with Gasteiger partial charge in [0.15, 0.2) is 5.96 Å². The highest BCUT2D eigenvalue weighted by atomic mass is 127. The van der Waals surface area contributed by atoms with E-state index in [0.29, 0.717) is 0 Å². The number of hydrogen-bond donors (Lipinski definition) is 1. The Labute approximate surface area is 126 Å². The zero-order chi connectivity index (χ0) is 12.1. The standard InChI is InChI=1S/C12H23N3O2.HI/c1-15-6-5-13-11(15)14-9-12(10-16-2)3-7-17-8-4-12;/h3-10H2,1-2H3,(H,13,14);1H. The van der Waals surface area contributed by atoms with E-state index in [-0.39, 0.29) is 29.4 Å². The number of ether oxygens (including phenoxy) is 2. The molecule has 18 heavy (non-hydrogen) atoms. The second-order valence-corrected chi connectivity index (χ2v) is 5.03. The summed E-state index contributed by atoms with van der Waals surface area (Å²) >= 11 is 0. The molecule has 0 aromatic heterocycles. The van der Waals surface area contributed by atoms with Gasteiger partial charge in [-0.25, -0.2) is 0 Å². The summed E-state index contributed by atoms with van der Waals surface area (Å²) in [4.78, 5) is 6.62. The van der Waals surface area contributed by atoms with Crippen LogP contribution in [0.5, 0.6) is 0 Å². The van der Waals surface area contributed by atoms with Crippen molar-refractivity contribution in [1.29, 1.82) is 0 Å². The molecule has 0 bridgehead atoms. The quantitative estimate of drug-likeness (QED) is 0.750. The van der Waals surface area contributed by atoms with Crippen LogP contribution in [-0.2, 0) is 9.47 Å². The summed E-state index contributed by atoms with van der Waals surface area (Å²) in [5, 5.41) is 3.47. The second kappa shape index (κ2) is 7.49. The summed E-state index contributed by atoms with van der Waals surface area (Å²) in [5.41, 5.74) is 0.207. The smallest absolute Gasteiger partial charge is 0.193 e. The lowest BCUT2D eigenvalue weighted by Gasteiger charge is -2.37. The van der Waals surface area contributed by atoms with E-state index in [0.717, 1.165) is 58.3 Å². The number of rotatable bonds is 4. The Hall–Kier alpha value is -0.0800. The number of nitrogens with one attached hydrogen (secondary N) is 1. The Balaban J connectivity index is 0.00000162. The first kappa shape index (κ1) is 16.0. The Morgan fingerprint density at radius 1 is 1.44 bits per heavy atom. The Bertz CT molecular complexity index is 275. The van der Waals surface area contributed by atoms with Gasteiger partial charge >= 0.3 is 0 Å². The maximum absolute atomic E-state index is 5.44. The molecule has 0 aliphatic carbocycles. The van der Waals surface area contributed by atoms with Crippen LogP contribution in [-0.4, -0.2) is 64.5 Å². The minimum atomic E-state index is 0. The number of nitrogens with zero attached hydrogens (tertiary/aromatic N) is 2. The highest BCUT2D eigenvalue weighted by Crippen LogP contribution is 2.30. The molecule has 2 rings (SSSR count). The number of hydrogen-bond acceptors (Lipinski definition) is 5. The van der Waals surface area contributed by atoms with E-state index in [2.05, 4.69) is 22.3 Å². The zero-order valence-corrected chi connectivity index (χ0v) is 13.6. The third-order valence-corrected chi connectivity index (χ3v) is 3.68. The molecule has 0 atom stereocenters. The summed E-state index contributed by atoms with van der Waals surface area (Å²) < 4.78 is 10.8. The van der Waals surface area contributed by atoms with E-state index in [1.807, 2.05) is 0 Å². The summed E-state index contributed by atoms with van der Waals surface area (Å²) in [5.74, 6) is 1.02. The summed E-state index contributed by atoms with van der Waals surface area (Å²) in [7, 11) is 3.85. The van der Waals surface area contributed by atoms with Gasteiger partial charge in [-0.05, 0) is 12.8 Å². The molecule has 0 radical (unpaired) electrons. The Morgan fingerprint density at radius 3 is 2.72 bits per heavy atom. The molecule has 0 aromatic rings. The maximum atomic E-state index is 5.44. The van der Waals surface area contributed by atoms with Crippen molar-refractivity contribution in [3.05, 3.63) is 0 Å². The average Bonchev–Trinajstić information content (AvgIpc) is 2.74. The van der Waals surface area contributed by atoms with Crippen LogP contribution in [0.2, 0.25) is 0 Å². The van der Waals surface area contributed by atoms with E-state index >= 15 is 0 Å². The first-order chi connectivity index (χ1) is 8.26. The molecule has 0 saturated carbocycles. The largest absolute Gasteiger partial charge is 0.384 e. The lowest BCUT2D eigenvalue weighted by molar-refractivity contribution is -0.0249. The molecule has 0 unspecified atom stereocenters. The summed E-state index contributed by atoms with van der Waals surface area (Å²) in [6, 6.07) is 0. The van der Waals surface area contributed by atoms with Gasteiger partial charge in [0.25, 0.3) is 0 Å². The summed E-state index contributed by atoms with van der Waals surface area (Å²) in [6.45, 7) is 5.32. The average molecular weight is 369 g/mol. The molecule has 1 saturated heterocycles. The van der Waals surface area contributed by atoms with Gasteiger partial charge < -0.3 is 19.7 Å². The van der Waals surface area contributed by atoms with Crippen LogP contribution in [0.4, 0.5) is 0 Å². The third-order valence-electron chi connectivity index (χ3n) is 3.68. The molecule has 2 aliphatic heterocycles. The fourth-order valence-electron chi connectivity index (χ4n) is 2.47. The molecule has 0 aromatic carbocycles. The molecule has 6 heteroatoms. The van der Waals surface area contributed by atoms with Gasteiger partial charge in [0.2, 0.25) is 0 Å². The van der Waals surface area contributed by atoms with Crippen molar-refractivity contribution in [2.24, 2.45) is 10.4 Å². The molecule has 5 nitrogen and oxygen atoms in total. The molecular formula is C12H24IN3O2. The van der Waals surface area contributed by atoms with E-state index in [1.165, 1.54) is 0 Å². The molecule has 1 fully saturated rings. The number of likely N-dealkylation sites (N-methyl/N-ethyl adjacent to an activating group) is 1. The van der Waals surface area contributed by atoms with Crippen LogP contribution in [0, 0.1) is 5.41 Å². The van der Waals surface area contributed by atoms with Gasteiger partial charge in [-0.3, -0.25) is 4.99 Å². The lowest BCUT2D eigenvalue weighted by Crippen LogP contribution is -2.46. The third kappa shape index (κ3) is 3.96. The van der Waals surface area contributed by atoms with E-state index < -0.39 is 0 Å². The van der Waals surface area contributed by atoms with Crippen molar-refractivity contribution in [3.8, 4) is 0 Å². The maximum Gasteiger partial charge on any atom is 0.193 e. The zero-order valence-electron chi connectivity index (χ0n) is 11.3. The fourth-order valence-corrected chi connectivity index (χ4v) is 2.47. The Morgan fingerprint density at radius 2 is 2.17 bits per heavy atom. The van der Waals surface area contributed by atoms with Crippen molar-refractivity contribution < 1.29 is 9.47 Å². The normalized spacial score (nSPS) is 22.3. The van der Waals surface area contributed by atoms with Gasteiger partial charge in [-0.15, -0.1) is 24.0 Å². The van der Waals surface area contributed by atoms with E-state index in [1.54, 1.807) is 7.11 Å². The first-order valence-corrected chi connectivity index (χ1v) is 6.32. The lowest BCUT2D eigenvalue weighted by atomic mass is 9.81. The van der Waals surface area contributed by atoms with Crippen molar-refractivity contribution in [3.63, 3.8) is 0 Å². The van der Waals surface area contributed by atoms with Crippen molar-refractivity contribution >= 4 is 29.9 Å². The van der Waals surface area contributed by atoms with Crippen molar-refractivity contribution in [2.75, 3.05) is 53.6 Å². The second-order valence-electron chi connectivity index (χ2n) is 5.03. The highest BCUT2D eigenvalue weighted by Gasteiger charge is 2.33. The Kier molecular flexibility index (Phi) is 6.65. The fraction of sp³-hybridized carbons (Fsp3) is 0.917. The van der Waals surface area contributed by atoms with Crippen molar-refractivity contribution in [2.45, 2.75) is 12.8 Å². The van der Waals surface area contributed by atoms with Crippen LogP contribution in [0.25, 0.3) is 0 Å². The van der Waals surface area contributed by atoms with Gasteiger partial charge in [0, 0.05) is 45.9 Å². The monoisotopic (exact) mass is 369 g/mol. The molecule has 106 valence electrons. The molecule has 2 heterocycles. The van der Waals surface area contributed by atoms with Gasteiger partial charge in [-0.2, -0.15) is 0 Å². The summed E-state index contributed by atoms with van der Waals surface area (Å²) in [6.07, 6.45) is 2.12. The van der Waals surface area contributed by atoms with Crippen LogP contribution in [0.3, 0.4) is 0 Å². The van der Waals surface area contributed by atoms with Crippen LogP contribution < -0.4 is 5.32 Å². The molecule has 1 N–H and O–H groups in total. The first-order valence-electron chi connectivity index (χ1n) is 6.32. The SMILES string of the molecule is COCC1(CNC2=NCCN2C)CCOCC1.I. The number of aliphatic imine (C=N–C) groups is 1. The topological polar surface area (TPSA) is 46.1 Å². The van der Waals surface area contributed by atoms with Gasteiger partial charge in [-0.1, -0.05) is 0 Å². The van der Waals surface area contributed by atoms with Crippen molar-refractivity contribution in [1.82, 2.24) is 10.2 Å². The molecule has 2 aliphatic rings. The minimum Gasteiger partial charge on any atom is -0.384 e. The van der Waals surface area contributed by atoms with Gasteiger partial charge in [0.1, 0.15) is 0 Å². The number of methoxy groups -OCH3 is 1. The van der Waals surface area contributed by atoms with Crippen LogP contribution in [0.15, 0.2) is 4.99 Å². The van der Waals surface area contributed by atoms with E-state index in [9.17, 15) is 0 Å². The predicted molar refractivity (Wildman–Crippen MR) is 82.7 cm³/mol.